The molecule has 216 valence electrons. The van der Waals surface area contributed by atoms with Crippen molar-refractivity contribution >= 4 is 23.2 Å². The Bertz CT molecular complexity index is 2190. The van der Waals surface area contributed by atoms with Gasteiger partial charge in [0.05, 0.1) is 5.41 Å². The highest BCUT2D eigenvalue weighted by atomic mass is 31.2. The van der Waals surface area contributed by atoms with Gasteiger partial charge in [-0.2, -0.15) is 0 Å². The summed E-state index contributed by atoms with van der Waals surface area (Å²) >= 11 is 0. The fraction of sp³-hybridized carbons (Fsp3) is 0.0698. The first-order chi connectivity index (χ1) is 22.0. The predicted molar refractivity (Wildman–Crippen MR) is 191 cm³/mol. The third-order valence-electron chi connectivity index (χ3n) is 9.47. The number of hydrogen-bond acceptors (Lipinski definition) is 1. The average molecular weight is 597 g/mol. The Hall–Kier alpha value is -4.97. The van der Waals surface area contributed by atoms with Gasteiger partial charge in [0.1, 0.15) is 7.14 Å². The van der Waals surface area contributed by atoms with Crippen LogP contribution in [-0.4, -0.2) is 13.3 Å². The third kappa shape index (κ3) is 4.34. The Balaban J connectivity index is 1.37. The standard InChI is InChI=1S/C43H33OP/c1-45(2,44)36-27-24-31(25-28-36)30-20-22-33(23-21-30)37-18-11-19-40-41(37)39-29-26-32-12-9-10-17-38(32)42(39)43(40,34-13-5-3-6-14-34)35-15-7-4-8-16-35/h3-29H,1-2H3. The average Bonchev–Trinajstić information content (AvgIpc) is 3.41. The van der Waals surface area contributed by atoms with E-state index in [2.05, 4.69) is 152 Å². The summed E-state index contributed by atoms with van der Waals surface area (Å²) in [5.41, 5.74) is 12.0. The van der Waals surface area contributed by atoms with Crippen LogP contribution in [0.15, 0.2) is 164 Å². The van der Waals surface area contributed by atoms with Crippen LogP contribution in [0.25, 0.3) is 44.2 Å². The smallest absolute Gasteiger partial charge is 0.109 e. The van der Waals surface area contributed by atoms with E-state index in [1.807, 2.05) is 25.5 Å². The third-order valence-corrected chi connectivity index (χ3v) is 11.0. The van der Waals surface area contributed by atoms with Crippen molar-refractivity contribution < 1.29 is 4.57 Å². The predicted octanol–water partition coefficient (Wildman–Crippen LogP) is 10.8. The summed E-state index contributed by atoms with van der Waals surface area (Å²) in [6, 6.07) is 59.4. The van der Waals surface area contributed by atoms with Crippen LogP contribution in [0.1, 0.15) is 22.3 Å². The quantitative estimate of drug-likeness (QED) is 0.181. The Morgan fingerprint density at radius 1 is 0.467 bits per heavy atom. The van der Waals surface area contributed by atoms with Crippen LogP contribution < -0.4 is 5.30 Å². The molecule has 0 N–H and O–H groups in total. The summed E-state index contributed by atoms with van der Waals surface area (Å²) in [6.07, 6.45) is 0. The van der Waals surface area contributed by atoms with Crippen LogP contribution in [0.5, 0.6) is 0 Å². The van der Waals surface area contributed by atoms with E-state index in [4.69, 9.17) is 0 Å². The minimum atomic E-state index is -2.28. The second-order valence-electron chi connectivity index (χ2n) is 12.4. The van der Waals surface area contributed by atoms with E-state index in [9.17, 15) is 4.57 Å². The zero-order valence-corrected chi connectivity index (χ0v) is 26.3. The first-order valence-corrected chi connectivity index (χ1v) is 18.1. The monoisotopic (exact) mass is 596 g/mol. The molecule has 0 aliphatic heterocycles. The summed E-state index contributed by atoms with van der Waals surface area (Å²) in [7, 11) is -2.28. The van der Waals surface area contributed by atoms with Crippen LogP contribution in [0, 0.1) is 0 Å². The second kappa shape index (κ2) is 10.6. The Morgan fingerprint density at radius 2 is 1.02 bits per heavy atom. The summed E-state index contributed by atoms with van der Waals surface area (Å²) in [6.45, 7) is 3.64. The van der Waals surface area contributed by atoms with Gasteiger partial charge < -0.3 is 4.57 Å². The highest BCUT2D eigenvalue weighted by Crippen LogP contribution is 2.60. The Kier molecular flexibility index (Phi) is 6.48. The molecule has 0 saturated carbocycles. The van der Waals surface area contributed by atoms with Crippen LogP contribution in [-0.2, 0) is 9.98 Å². The van der Waals surface area contributed by atoms with Gasteiger partial charge in [-0.25, -0.2) is 0 Å². The molecule has 0 aromatic heterocycles. The summed E-state index contributed by atoms with van der Waals surface area (Å²) in [5.74, 6) is 0. The van der Waals surface area contributed by atoms with Crippen molar-refractivity contribution in [1.29, 1.82) is 0 Å². The highest BCUT2D eigenvalue weighted by molar-refractivity contribution is 7.70. The van der Waals surface area contributed by atoms with E-state index in [-0.39, 0.29) is 0 Å². The van der Waals surface area contributed by atoms with Gasteiger partial charge in [-0.1, -0.05) is 164 Å². The maximum Gasteiger partial charge on any atom is 0.109 e. The summed E-state index contributed by atoms with van der Waals surface area (Å²) in [5, 5.41) is 3.45. The van der Waals surface area contributed by atoms with E-state index in [0.717, 1.165) is 16.4 Å². The van der Waals surface area contributed by atoms with E-state index in [1.54, 1.807) is 0 Å². The Morgan fingerprint density at radius 3 is 1.64 bits per heavy atom. The molecule has 0 saturated heterocycles. The lowest BCUT2D eigenvalue weighted by Gasteiger charge is -2.34. The molecule has 0 bridgehead atoms. The van der Waals surface area contributed by atoms with Gasteiger partial charge in [-0.05, 0) is 79.7 Å². The minimum Gasteiger partial charge on any atom is -0.319 e. The van der Waals surface area contributed by atoms with Crippen molar-refractivity contribution in [2.45, 2.75) is 5.41 Å². The molecule has 2 heteroatoms. The van der Waals surface area contributed by atoms with Gasteiger partial charge >= 0.3 is 0 Å². The van der Waals surface area contributed by atoms with E-state index < -0.39 is 12.6 Å². The van der Waals surface area contributed by atoms with Crippen molar-refractivity contribution in [2.75, 3.05) is 13.3 Å². The van der Waals surface area contributed by atoms with Crippen molar-refractivity contribution in [1.82, 2.24) is 0 Å². The number of hydrogen-bond donors (Lipinski definition) is 0. The van der Waals surface area contributed by atoms with Crippen LogP contribution >= 0.6 is 7.14 Å². The molecule has 1 aliphatic carbocycles. The maximum absolute atomic E-state index is 12.5. The van der Waals surface area contributed by atoms with Gasteiger partial charge in [0.25, 0.3) is 0 Å². The van der Waals surface area contributed by atoms with Crippen LogP contribution in [0.3, 0.4) is 0 Å². The Labute approximate surface area is 265 Å². The largest absolute Gasteiger partial charge is 0.319 e. The molecular formula is C43H33OP. The fourth-order valence-electron chi connectivity index (χ4n) is 7.41. The van der Waals surface area contributed by atoms with Crippen LogP contribution in [0.4, 0.5) is 0 Å². The molecular weight excluding hydrogens is 563 g/mol. The first kappa shape index (κ1) is 27.6. The number of benzene rings is 7. The molecule has 0 radical (unpaired) electrons. The topological polar surface area (TPSA) is 17.1 Å². The fourth-order valence-corrected chi connectivity index (χ4v) is 8.28. The second-order valence-corrected chi connectivity index (χ2v) is 15.6. The first-order valence-electron chi connectivity index (χ1n) is 15.5. The van der Waals surface area contributed by atoms with E-state index in [0.29, 0.717) is 0 Å². The van der Waals surface area contributed by atoms with Crippen molar-refractivity contribution in [3.8, 4) is 33.4 Å². The lowest BCUT2D eigenvalue weighted by atomic mass is 9.66. The number of rotatable bonds is 5. The lowest BCUT2D eigenvalue weighted by Crippen LogP contribution is -2.28. The van der Waals surface area contributed by atoms with Gasteiger partial charge in [-0.3, -0.25) is 0 Å². The molecule has 0 unspecified atom stereocenters. The zero-order chi connectivity index (χ0) is 30.6. The maximum atomic E-state index is 12.5. The minimum absolute atomic E-state index is 0.469. The highest BCUT2D eigenvalue weighted by Gasteiger charge is 2.47. The summed E-state index contributed by atoms with van der Waals surface area (Å²) < 4.78 is 12.5. The van der Waals surface area contributed by atoms with Gasteiger partial charge in [0, 0.05) is 5.30 Å². The normalized spacial score (nSPS) is 13.4. The molecule has 1 aliphatic rings. The van der Waals surface area contributed by atoms with Gasteiger partial charge in [0.15, 0.2) is 0 Å². The van der Waals surface area contributed by atoms with Crippen molar-refractivity contribution in [2.24, 2.45) is 0 Å². The van der Waals surface area contributed by atoms with Gasteiger partial charge in [0.2, 0.25) is 0 Å². The lowest BCUT2D eigenvalue weighted by molar-refractivity contribution is 0.588. The molecule has 7 aromatic rings. The number of fused-ring (bicyclic) bond motifs is 5. The van der Waals surface area contributed by atoms with Crippen molar-refractivity contribution in [3.05, 3.63) is 186 Å². The molecule has 1 nitrogen and oxygen atoms in total. The molecule has 0 spiro atoms. The molecule has 0 heterocycles. The molecule has 0 fully saturated rings. The van der Waals surface area contributed by atoms with Crippen molar-refractivity contribution in [3.63, 3.8) is 0 Å². The molecule has 7 aromatic carbocycles. The zero-order valence-electron chi connectivity index (χ0n) is 25.4. The van der Waals surface area contributed by atoms with E-state index >= 15 is 0 Å². The molecule has 0 atom stereocenters. The van der Waals surface area contributed by atoms with Gasteiger partial charge in [-0.15, -0.1) is 0 Å². The van der Waals surface area contributed by atoms with Crippen LogP contribution in [0.2, 0.25) is 0 Å². The molecule has 45 heavy (non-hydrogen) atoms. The summed E-state index contributed by atoms with van der Waals surface area (Å²) in [4.78, 5) is 0. The van der Waals surface area contributed by atoms with E-state index in [1.165, 1.54) is 55.3 Å². The SMILES string of the molecule is CP(C)(=O)c1ccc(-c2ccc(-c3cccc4c3-c3ccc5ccccc5c3C4(c3ccccc3)c3ccccc3)cc2)cc1. The molecule has 0 amide bonds. The molecule has 8 rings (SSSR count).